The number of halogens is 1. The number of rotatable bonds is 8. The zero-order valence-corrected chi connectivity index (χ0v) is 18.1. The molecule has 1 amide bonds. The minimum atomic E-state index is -0.562. The fourth-order valence-electron chi connectivity index (χ4n) is 3.23. The molecule has 0 aliphatic heterocycles. The molecule has 0 bridgehead atoms. The van der Waals surface area contributed by atoms with E-state index in [1.807, 2.05) is 35.0 Å². The van der Waals surface area contributed by atoms with Crippen LogP contribution in [-0.2, 0) is 13.1 Å². The first-order valence-corrected chi connectivity index (χ1v) is 10.4. The van der Waals surface area contributed by atoms with Crippen LogP contribution in [0.15, 0.2) is 85.5 Å². The molecule has 0 atom stereocenters. The number of benzene rings is 3. The van der Waals surface area contributed by atoms with Crippen LogP contribution in [-0.4, -0.2) is 20.4 Å². The quantitative estimate of drug-likeness (QED) is 0.286. The first kappa shape index (κ1) is 22.0. The van der Waals surface area contributed by atoms with E-state index in [1.165, 1.54) is 18.2 Å². The van der Waals surface area contributed by atoms with Crippen LogP contribution in [0.4, 0.5) is 5.69 Å². The Morgan fingerprint density at radius 2 is 1.88 bits per heavy atom. The van der Waals surface area contributed by atoms with Crippen molar-refractivity contribution in [3.63, 3.8) is 0 Å². The van der Waals surface area contributed by atoms with Gasteiger partial charge in [-0.05, 0) is 47.5 Å². The molecule has 0 saturated heterocycles. The van der Waals surface area contributed by atoms with Crippen molar-refractivity contribution in [3.05, 3.63) is 117 Å². The molecule has 0 aliphatic carbocycles. The Balaban J connectivity index is 1.37. The third kappa shape index (κ3) is 5.75. The molecule has 166 valence electrons. The minimum absolute atomic E-state index is 0.0668. The number of nitro benzene ring substituents is 1. The first-order chi connectivity index (χ1) is 16.0. The Labute approximate surface area is 194 Å². The number of nitrogens with one attached hydrogen (secondary N) is 1. The van der Waals surface area contributed by atoms with Crippen LogP contribution in [0.25, 0.3) is 0 Å². The second-order valence-electron chi connectivity index (χ2n) is 7.23. The summed E-state index contributed by atoms with van der Waals surface area (Å²) in [4.78, 5) is 27.2. The SMILES string of the molecule is O=C(NCc1cccc(Cn2ccnc2)c1)c1ccc(Oc2ccc(Cl)cc2[N+](=O)[O-])cc1. The van der Waals surface area contributed by atoms with E-state index in [4.69, 9.17) is 16.3 Å². The van der Waals surface area contributed by atoms with Gasteiger partial charge in [-0.3, -0.25) is 14.9 Å². The van der Waals surface area contributed by atoms with Gasteiger partial charge in [0.15, 0.2) is 0 Å². The molecule has 0 fully saturated rings. The Morgan fingerprint density at radius 3 is 2.61 bits per heavy atom. The predicted molar refractivity (Wildman–Crippen MR) is 124 cm³/mol. The summed E-state index contributed by atoms with van der Waals surface area (Å²) < 4.78 is 7.58. The van der Waals surface area contributed by atoms with E-state index in [0.717, 1.165) is 11.1 Å². The summed E-state index contributed by atoms with van der Waals surface area (Å²) in [6.07, 6.45) is 5.39. The number of carbonyl (C=O) groups is 1. The summed E-state index contributed by atoms with van der Waals surface area (Å²) >= 11 is 5.83. The molecule has 1 N–H and O–H groups in total. The lowest BCUT2D eigenvalue weighted by Crippen LogP contribution is -2.22. The largest absolute Gasteiger partial charge is 0.450 e. The van der Waals surface area contributed by atoms with Crippen molar-refractivity contribution in [2.24, 2.45) is 0 Å². The molecule has 0 radical (unpaired) electrons. The van der Waals surface area contributed by atoms with Gasteiger partial charge in [0.05, 0.1) is 11.3 Å². The number of imidazole rings is 1. The fraction of sp³-hybridized carbons (Fsp3) is 0.0833. The van der Waals surface area contributed by atoms with Gasteiger partial charge in [0.25, 0.3) is 5.91 Å². The molecule has 8 nitrogen and oxygen atoms in total. The Bertz CT molecular complexity index is 1270. The molecular formula is C24H19ClN4O4. The molecule has 0 aliphatic rings. The van der Waals surface area contributed by atoms with Crippen molar-refractivity contribution in [2.75, 3.05) is 0 Å². The number of nitro groups is 1. The summed E-state index contributed by atoms with van der Waals surface area (Å²) in [5, 5.41) is 14.3. The van der Waals surface area contributed by atoms with Gasteiger partial charge in [-0.2, -0.15) is 0 Å². The van der Waals surface area contributed by atoms with Crippen LogP contribution in [0.3, 0.4) is 0 Å². The maximum Gasteiger partial charge on any atom is 0.313 e. The number of ether oxygens (including phenoxy) is 1. The second-order valence-corrected chi connectivity index (χ2v) is 7.67. The molecule has 0 saturated carbocycles. The molecule has 0 unspecified atom stereocenters. The van der Waals surface area contributed by atoms with Gasteiger partial charge >= 0.3 is 5.69 Å². The van der Waals surface area contributed by atoms with Crippen LogP contribution >= 0.6 is 11.6 Å². The summed E-state index contributed by atoms with van der Waals surface area (Å²) in [7, 11) is 0. The van der Waals surface area contributed by atoms with Crippen LogP contribution in [0, 0.1) is 10.1 Å². The molecule has 1 aromatic heterocycles. The van der Waals surface area contributed by atoms with Crippen molar-refractivity contribution in [3.8, 4) is 11.5 Å². The average Bonchev–Trinajstić information content (AvgIpc) is 3.32. The molecule has 3 aromatic carbocycles. The van der Waals surface area contributed by atoms with Crippen molar-refractivity contribution < 1.29 is 14.5 Å². The van der Waals surface area contributed by atoms with Crippen molar-refractivity contribution >= 4 is 23.2 Å². The van der Waals surface area contributed by atoms with Gasteiger partial charge in [-0.25, -0.2) is 4.98 Å². The highest BCUT2D eigenvalue weighted by Gasteiger charge is 2.16. The topological polar surface area (TPSA) is 99.3 Å². The lowest BCUT2D eigenvalue weighted by molar-refractivity contribution is -0.385. The molecular weight excluding hydrogens is 444 g/mol. The monoisotopic (exact) mass is 462 g/mol. The van der Waals surface area contributed by atoms with E-state index in [2.05, 4.69) is 10.3 Å². The number of carbonyl (C=O) groups excluding carboxylic acids is 1. The maximum atomic E-state index is 12.5. The van der Waals surface area contributed by atoms with Gasteiger partial charge in [-0.15, -0.1) is 0 Å². The Hall–Kier alpha value is -4.17. The van der Waals surface area contributed by atoms with E-state index >= 15 is 0 Å². The standard InChI is InChI=1S/C24H19ClN4O4/c25-20-6-9-23(22(13-20)29(31)32)33-21-7-4-19(5-8-21)24(30)27-14-17-2-1-3-18(12-17)15-28-11-10-26-16-28/h1-13,16H,14-15H2,(H,27,30). The zero-order valence-electron chi connectivity index (χ0n) is 17.3. The van der Waals surface area contributed by atoms with Crippen molar-refractivity contribution in [1.82, 2.24) is 14.9 Å². The van der Waals surface area contributed by atoms with E-state index in [0.29, 0.717) is 24.4 Å². The highest BCUT2D eigenvalue weighted by molar-refractivity contribution is 6.30. The number of hydrogen-bond acceptors (Lipinski definition) is 5. The molecule has 4 rings (SSSR count). The maximum absolute atomic E-state index is 12.5. The van der Waals surface area contributed by atoms with Gasteiger partial charge in [0, 0.05) is 42.1 Å². The average molecular weight is 463 g/mol. The van der Waals surface area contributed by atoms with Crippen LogP contribution in [0.2, 0.25) is 5.02 Å². The fourth-order valence-corrected chi connectivity index (χ4v) is 3.40. The molecule has 9 heteroatoms. The summed E-state index contributed by atoms with van der Waals surface area (Å²) in [5.41, 5.74) is 2.30. The van der Waals surface area contributed by atoms with Gasteiger partial charge in [-0.1, -0.05) is 35.9 Å². The lowest BCUT2D eigenvalue weighted by Gasteiger charge is -2.09. The van der Waals surface area contributed by atoms with Gasteiger partial charge in [0.1, 0.15) is 5.75 Å². The van der Waals surface area contributed by atoms with Gasteiger partial charge in [0.2, 0.25) is 5.75 Å². The Morgan fingerprint density at radius 1 is 1.09 bits per heavy atom. The highest BCUT2D eigenvalue weighted by atomic mass is 35.5. The van der Waals surface area contributed by atoms with E-state index in [9.17, 15) is 14.9 Å². The third-order valence-electron chi connectivity index (χ3n) is 4.83. The number of nitrogens with zero attached hydrogens (tertiary/aromatic N) is 3. The van der Waals surface area contributed by atoms with Crippen molar-refractivity contribution in [1.29, 1.82) is 0 Å². The van der Waals surface area contributed by atoms with E-state index in [1.54, 1.807) is 36.8 Å². The number of amides is 1. The summed E-state index contributed by atoms with van der Waals surface area (Å²) in [6.45, 7) is 1.08. The lowest BCUT2D eigenvalue weighted by atomic mass is 10.1. The Kier molecular flexibility index (Phi) is 6.66. The molecule has 4 aromatic rings. The van der Waals surface area contributed by atoms with Crippen LogP contribution < -0.4 is 10.1 Å². The smallest absolute Gasteiger partial charge is 0.313 e. The van der Waals surface area contributed by atoms with E-state index < -0.39 is 4.92 Å². The van der Waals surface area contributed by atoms with E-state index in [-0.39, 0.29) is 22.4 Å². The summed E-state index contributed by atoms with van der Waals surface area (Å²) in [6, 6.07) is 18.5. The third-order valence-corrected chi connectivity index (χ3v) is 5.07. The van der Waals surface area contributed by atoms with Crippen LogP contribution in [0.5, 0.6) is 11.5 Å². The van der Waals surface area contributed by atoms with Crippen molar-refractivity contribution in [2.45, 2.75) is 13.1 Å². The number of hydrogen-bond donors (Lipinski definition) is 1. The first-order valence-electron chi connectivity index (χ1n) is 10.0. The van der Waals surface area contributed by atoms with Crippen LogP contribution in [0.1, 0.15) is 21.5 Å². The number of aromatic nitrogens is 2. The normalized spacial score (nSPS) is 10.6. The van der Waals surface area contributed by atoms with Gasteiger partial charge < -0.3 is 14.6 Å². The predicted octanol–water partition coefficient (Wildman–Crippen LogP) is 5.22. The summed E-state index contributed by atoms with van der Waals surface area (Å²) in [5.74, 6) is 0.195. The molecule has 1 heterocycles. The minimum Gasteiger partial charge on any atom is -0.450 e. The molecule has 33 heavy (non-hydrogen) atoms. The molecule has 0 spiro atoms. The second kappa shape index (κ2) is 9.97. The highest BCUT2D eigenvalue weighted by Crippen LogP contribution is 2.33. The zero-order chi connectivity index (χ0) is 23.2.